The van der Waals surface area contributed by atoms with Gasteiger partial charge in [0.15, 0.2) is 0 Å². The van der Waals surface area contributed by atoms with Crippen LogP contribution in [-0.2, 0) is 5.41 Å². The molecule has 0 aliphatic heterocycles. The monoisotopic (exact) mass is 365 g/mol. The van der Waals surface area contributed by atoms with Crippen LogP contribution in [0.4, 0.5) is 30.7 Å². The van der Waals surface area contributed by atoms with Gasteiger partial charge in [-0.1, -0.05) is 30.3 Å². The average molecular weight is 365 g/mol. The molecule has 0 heterocycles. The standard InChI is InChI=1S/C16H10F7NO/c17-10-7-5-9(6-8-10)14(15(18,19)20,16(21,22)23)12-4-2-1-3-11(12)13(24)25/h1-8H,(H2,24,25). The van der Waals surface area contributed by atoms with Gasteiger partial charge in [-0.3, -0.25) is 4.79 Å². The molecule has 2 aromatic rings. The van der Waals surface area contributed by atoms with Crippen LogP contribution in [0, 0.1) is 5.82 Å². The van der Waals surface area contributed by atoms with E-state index in [1.165, 1.54) is 0 Å². The Morgan fingerprint density at radius 2 is 1.28 bits per heavy atom. The van der Waals surface area contributed by atoms with E-state index in [4.69, 9.17) is 5.73 Å². The van der Waals surface area contributed by atoms with E-state index in [-0.39, 0.29) is 0 Å². The summed E-state index contributed by atoms with van der Waals surface area (Å²) in [5.41, 5.74) is -3.15. The average Bonchev–Trinajstić information content (AvgIpc) is 2.47. The van der Waals surface area contributed by atoms with Gasteiger partial charge in [-0.05, 0) is 29.3 Å². The van der Waals surface area contributed by atoms with E-state index >= 15 is 0 Å². The summed E-state index contributed by atoms with van der Waals surface area (Å²) in [6.45, 7) is 0. The lowest BCUT2D eigenvalue weighted by molar-refractivity contribution is -0.288. The third kappa shape index (κ3) is 2.94. The normalized spacial score (nSPS) is 12.9. The fraction of sp³-hybridized carbons (Fsp3) is 0.188. The summed E-state index contributed by atoms with van der Waals surface area (Å²) in [4.78, 5) is 11.4. The van der Waals surface area contributed by atoms with Crippen LogP contribution in [0.1, 0.15) is 21.5 Å². The number of rotatable bonds is 3. The molecule has 0 saturated carbocycles. The van der Waals surface area contributed by atoms with Crippen molar-refractivity contribution < 1.29 is 35.5 Å². The first kappa shape index (κ1) is 18.8. The molecule has 2 aromatic carbocycles. The summed E-state index contributed by atoms with van der Waals surface area (Å²) in [7, 11) is 0. The Morgan fingerprint density at radius 3 is 1.72 bits per heavy atom. The van der Waals surface area contributed by atoms with Crippen molar-refractivity contribution in [3.05, 3.63) is 71.0 Å². The number of amides is 1. The van der Waals surface area contributed by atoms with Crippen LogP contribution >= 0.6 is 0 Å². The molecule has 25 heavy (non-hydrogen) atoms. The summed E-state index contributed by atoms with van der Waals surface area (Å²) in [5, 5.41) is 0. The summed E-state index contributed by atoms with van der Waals surface area (Å²) in [5.74, 6) is -2.46. The lowest BCUT2D eigenvalue weighted by Gasteiger charge is -2.39. The highest BCUT2D eigenvalue weighted by Crippen LogP contribution is 2.56. The van der Waals surface area contributed by atoms with Gasteiger partial charge in [0, 0.05) is 5.56 Å². The molecule has 0 atom stereocenters. The summed E-state index contributed by atoms with van der Waals surface area (Å²) in [6, 6.07) is 5.05. The highest BCUT2D eigenvalue weighted by Gasteiger charge is 2.73. The quantitative estimate of drug-likeness (QED) is 0.809. The van der Waals surface area contributed by atoms with Gasteiger partial charge in [0.2, 0.25) is 11.3 Å². The number of carbonyl (C=O) groups excluding carboxylic acids is 1. The predicted octanol–water partition coefficient (Wildman–Crippen LogP) is 4.34. The zero-order chi connectivity index (χ0) is 19.0. The molecule has 0 saturated heterocycles. The first-order valence-corrected chi connectivity index (χ1v) is 6.71. The first-order valence-electron chi connectivity index (χ1n) is 6.71. The molecule has 0 aliphatic rings. The van der Waals surface area contributed by atoms with Gasteiger partial charge in [-0.25, -0.2) is 4.39 Å². The number of primary amides is 1. The van der Waals surface area contributed by atoms with Crippen molar-refractivity contribution in [1.29, 1.82) is 0 Å². The lowest BCUT2D eigenvalue weighted by Crippen LogP contribution is -2.55. The Bertz CT molecular complexity index is 764. The van der Waals surface area contributed by atoms with Crippen LogP contribution in [0.25, 0.3) is 0 Å². The molecule has 0 unspecified atom stereocenters. The number of hydrogen-bond donors (Lipinski definition) is 1. The minimum Gasteiger partial charge on any atom is -0.366 e. The van der Waals surface area contributed by atoms with Crippen molar-refractivity contribution in [3.63, 3.8) is 0 Å². The van der Waals surface area contributed by atoms with Crippen molar-refractivity contribution in [2.45, 2.75) is 17.8 Å². The van der Waals surface area contributed by atoms with Gasteiger partial charge < -0.3 is 5.73 Å². The second kappa shape index (κ2) is 6.05. The molecule has 0 aliphatic carbocycles. The Hall–Kier alpha value is -2.58. The molecule has 0 aromatic heterocycles. The van der Waals surface area contributed by atoms with Gasteiger partial charge in [-0.15, -0.1) is 0 Å². The summed E-state index contributed by atoms with van der Waals surface area (Å²) >= 11 is 0. The van der Waals surface area contributed by atoms with Crippen LogP contribution in [0.15, 0.2) is 48.5 Å². The van der Waals surface area contributed by atoms with Gasteiger partial charge in [0.25, 0.3) is 0 Å². The molecule has 9 heteroatoms. The fourth-order valence-electron chi connectivity index (χ4n) is 2.67. The first-order chi connectivity index (χ1) is 11.4. The number of carbonyl (C=O) groups is 1. The van der Waals surface area contributed by atoms with Crippen molar-refractivity contribution in [3.8, 4) is 0 Å². The molecule has 134 valence electrons. The highest BCUT2D eigenvalue weighted by atomic mass is 19.4. The molecule has 2 N–H and O–H groups in total. The number of nitrogens with two attached hydrogens (primary N) is 1. The lowest BCUT2D eigenvalue weighted by atomic mass is 9.71. The van der Waals surface area contributed by atoms with Crippen LogP contribution in [0.2, 0.25) is 0 Å². The summed E-state index contributed by atoms with van der Waals surface area (Å²) in [6.07, 6.45) is -11.8. The van der Waals surface area contributed by atoms with E-state index in [2.05, 4.69) is 0 Å². The number of alkyl halides is 6. The Balaban J connectivity index is 3.01. The van der Waals surface area contributed by atoms with Crippen LogP contribution in [0.3, 0.4) is 0 Å². The third-order valence-electron chi connectivity index (χ3n) is 3.72. The second-order valence-corrected chi connectivity index (χ2v) is 5.16. The van der Waals surface area contributed by atoms with Gasteiger partial charge in [0.1, 0.15) is 5.82 Å². The SMILES string of the molecule is NC(=O)c1ccccc1C(c1ccc(F)cc1)(C(F)(F)F)C(F)(F)F. The number of hydrogen-bond acceptors (Lipinski definition) is 1. The molecule has 0 fully saturated rings. The number of halogens is 7. The zero-order valence-corrected chi connectivity index (χ0v) is 12.3. The van der Waals surface area contributed by atoms with Crippen molar-refractivity contribution in [1.82, 2.24) is 0 Å². The molecule has 2 rings (SSSR count). The number of benzene rings is 2. The van der Waals surface area contributed by atoms with Crippen LogP contribution < -0.4 is 5.73 Å². The summed E-state index contributed by atoms with van der Waals surface area (Å²) < 4.78 is 96.0. The Labute approximate surface area is 137 Å². The molecule has 0 radical (unpaired) electrons. The molecule has 0 spiro atoms. The maximum absolute atomic E-state index is 13.8. The van der Waals surface area contributed by atoms with E-state index in [0.717, 1.165) is 18.2 Å². The fourth-order valence-corrected chi connectivity index (χ4v) is 2.67. The maximum atomic E-state index is 13.8. The van der Waals surface area contributed by atoms with E-state index in [1.54, 1.807) is 0 Å². The molecular formula is C16H10F7NO. The van der Waals surface area contributed by atoms with Crippen molar-refractivity contribution in [2.75, 3.05) is 0 Å². The van der Waals surface area contributed by atoms with E-state index in [9.17, 15) is 35.5 Å². The van der Waals surface area contributed by atoms with Gasteiger partial charge in [-0.2, -0.15) is 26.3 Å². The van der Waals surface area contributed by atoms with Crippen LogP contribution in [0.5, 0.6) is 0 Å². The Kier molecular flexibility index (Phi) is 4.54. The van der Waals surface area contributed by atoms with Crippen molar-refractivity contribution >= 4 is 5.91 Å². The zero-order valence-electron chi connectivity index (χ0n) is 12.3. The predicted molar refractivity (Wildman–Crippen MR) is 74.2 cm³/mol. The molecular weight excluding hydrogens is 355 g/mol. The minimum atomic E-state index is -5.88. The second-order valence-electron chi connectivity index (χ2n) is 5.16. The molecule has 0 bridgehead atoms. The van der Waals surface area contributed by atoms with Crippen molar-refractivity contribution in [2.24, 2.45) is 5.73 Å². The highest BCUT2D eigenvalue weighted by molar-refractivity contribution is 5.95. The van der Waals surface area contributed by atoms with Gasteiger partial charge in [0.05, 0.1) is 0 Å². The largest absolute Gasteiger partial charge is 0.411 e. The topological polar surface area (TPSA) is 43.1 Å². The van der Waals surface area contributed by atoms with E-state index in [1.807, 2.05) is 0 Å². The third-order valence-corrected chi connectivity index (χ3v) is 3.72. The molecule has 1 amide bonds. The van der Waals surface area contributed by atoms with Crippen LogP contribution in [-0.4, -0.2) is 18.3 Å². The smallest absolute Gasteiger partial charge is 0.366 e. The van der Waals surface area contributed by atoms with Gasteiger partial charge >= 0.3 is 12.4 Å². The van der Waals surface area contributed by atoms with E-state index < -0.39 is 46.2 Å². The molecule has 2 nitrogen and oxygen atoms in total. The maximum Gasteiger partial charge on any atom is 0.411 e. The Morgan fingerprint density at radius 1 is 0.800 bits per heavy atom. The minimum absolute atomic E-state index is 0.383. The van der Waals surface area contributed by atoms with E-state index in [0.29, 0.717) is 30.3 Å².